The van der Waals surface area contributed by atoms with E-state index in [4.69, 9.17) is 0 Å². The summed E-state index contributed by atoms with van der Waals surface area (Å²) in [6.07, 6.45) is 8.54. The Morgan fingerprint density at radius 1 is 0.479 bits per heavy atom. The van der Waals surface area contributed by atoms with E-state index in [9.17, 15) is 10.2 Å². The second kappa shape index (κ2) is 12.4. The van der Waals surface area contributed by atoms with Gasteiger partial charge >= 0.3 is 0 Å². The predicted octanol–water partition coefficient (Wildman–Crippen LogP) is 12.5. The molecule has 2 nitrogen and oxygen atoms in total. The van der Waals surface area contributed by atoms with Crippen molar-refractivity contribution in [2.24, 2.45) is 43.3 Å². The summed E-state index contributed by atoms with van der Waals surface area (Å²) in [5, 5.41) is 19.3. The standard InChI is InChI=1S/C46H82O2/c1-31-33-27-46(20,42(13,14)30-40(9,10)44(17,18)38(5,6)24-22-26-48)36(33)32(2)34-28-45(19,35(31)34)41(11,12)29-39(7,8)43(15,16)37(3,4)23-21-25-47/h47-48H,21-30H2,1-20H3. The summed E-state index contributed by atoms with van der Waals surface area (Å²) >= 11 is 0. The molecule has 1 aromatic carbocycles. The third-order valence-electron chi connectivity index (χ3n) is 17.9. The van der Waals surface area contributed by atoms with Gasteiger partial charge in [0.2, 0.25) is 0 Å². The quantitative estimate of drug-likeness (QED) is 0.184. The fourth-order valence-electron chi connectivity index (χ4n) is 11.4. The van der Waals surface area contributed by atoms with Crippen LogP contribution in [0.5, 0.6) is 0 Å². The molecule has 0 fully saturated rings. The molecule has 0 spiro atoms. The molecule has 0 bridgehead atoms. The number of benzene rings is 1. The minimum absolute atomic E-state index is 0.116. The summed E-state index contributed by atoms with van der Waals surface area (Å²) < 4.78 is 0. The van der Waals surface area contributed by atoms with E-state index in [0.717, 1.165) is 25.7 Å². The van der Waals surface area contributed by atoms with Crippen LogP contribution in [0.3, 0.4) is 0 Å². The topological polar surface area (TPSA) is 40.5 Å². The Hall–Kier alpha value is -0.860. The lowest BCUT2D eigenvalue weighted by atomic mass is 9.41. The highest BCUT2D eigenvalue weighted by Gasteiger charge is 2.60. The molecule has 0 heterocycles. The highest BCUT2D eigenvalue weighted by Crippen LogP contribution is 2.67. The first kappa shape index (κ1) is 41.6. The van der Waals surface area contributed by atoms with Crippen molar-refractivity contribution in [3.63, 3.8) is 0 Å². The summed E-state index contributed by atoms with van der Waals surface area (Å²) in [6, 6.07) is 0. The van der Waals surface area contributed by atoms with Crippen LogP contribution in [-0.4, -0.2) is 23.4 Å². The van der Waals surface area contributed by atoms with Gasteiger partial charge in [-0.3, -0.25) is 0 Å². The summed E-state index contributed by atoms with van der Waals surface area (Å²) in [4.78, 5) is 0. The molecular weight excluding hydrogens is 585 g/mol. The zero-order valence-electron chi connectivity index (χ0n) is 36.0. The number of hydrogen-bond acceptors (Lipinski definition) is 2. The van der Waals surface area contributed by atoms with Crippen LogP contribution in [0.4, 0.5) is 0 Å². The van der Waals surface area contributed by atoms with Gasteiger partial charge in [0, 0.05) is 24.0 Å². The summed E-state index contributed by atoms with van der Waals surface area (Å²) in [5.74, 6) is 0. The summed E-state index contributed by atoms with van der Waals surface area (Å²) in [7, 11) is 0. The first-order chi connectivity index (χ1) is 21.3. The van der Waals surface area contributed by atoms with Gasteiger partial charge in [0.05, 0.1) is 0 Å². The molecule has 2 heteroatoms. The average molecular weight is 667 g/mol. The zero-order chi connectivity index (χ0) is 37.5. The lowest BCUT2D eigenvalue weighted by Gasteiger charge is -2.63. The number of fused-ring (bicyclic) bond motifs is 2. The molecule has 0 saturated heterocycles. The first-order valence-electron chi connectivity index (χ1n) is 19.7. The van der Waals surface area contributed by atoms with E-state index in [1.165, 1.54) is 25.7 Å². The first-order valence-corrected chi connectivity index (χ1v) is 19.7. The minimum Gasteiger partial charge on any atom is -0.396 e. The molecule has 0 aliphatic heterocycles. The maximum absolute atomic E-state index is 9.63. The lowest BCUT2D eigenvalue weighted by molar-refractivity contribution is -0.0673. The molecule has 48 heavy (non-hydrogen) atoms. The Labute approximate surface area is 300 Å². The van der Waals surface area contributed by atoms with Crippen LogP contribution in [0, 0.1) is 57.2 Å². The van der Waals surface area contributed by atoms with Crippen LogP contribution in [0.1, 0.15) is 197 Å². The Morgan fingerprint density at radius 2 is 0.750 bits per heavy atom. The van der Waals surface area contributed by atoms with E-state index in [1.54, 1.807) is 33.4 Å². The van der Waals surface area contributed by atoms with Crippen LogP contribution in [0.2, 0.25) is 0 Å². The predicted molar refractivity (Wildman–Crippen MR) is 210 cm³/mol. The van der Waals surface area contributed by atoms with Crippen molar-refractivity contribution in [1.29, 1.82) is 0 Å². The van der Waals surface area contributed by atoms with E-state index in [2.05, 4.69) is 138 Å². The van der Waals surface area contributed by atoms with E-state index < -0.39 is 0 Å². The number of aliphatic hydroxyl groups excluding tert-OH is 2. The Bertz CT molecular complexity index is 1230. The fraction of sp³-hybridized carbons (Fsp3) is 0.870. The summed E-state index contributed by atoms with van der Waals surface area (Å²) in [6.45, 7) is 50.5. The van der Waals surface area contributed by atoms with E-state index in [1.807, 2.05) is 0 Å². The van der Waals surface area contributed by atoms with Crippen molar-refractivity contribution in [3.05, 3.63) is 33.4 Å². The lowest BCUT2D eigenvalue weighted by Crippen LogP contribution is -2.57. The Balaban J connectivity index is 1.98. The van der Waals surface area contributed by atoms with Crippen molar-refractivity contribution in [1.82, 2.24) is 0 Å². The molecule has 0 amide bonds. The SMILES string of the molecule is Cc1c2c(c(C)c3c1C(C)(C(C)(C)CC(C)(C)C(C)(C)C(C)(C)CCCO)C3)C(C)(C(C)(C)CC(C)(C)C(C)(C)C(C)(C)CCCO)C2. The molecule has 0 radical (unpaired) electrons. The maximum Gasteiger partial charge on any atom is 0.0431 e. The van der Waals surface area contributed by atoms with Crippen LogP contribution >= 0.6 is 0 Å². The van der Waals surface area contributed by atoms with Gasteiger partial charge in [0.1, 0.15) is 0 Å². The molecule has 2 aliphatic rings. The van der Waals surface area contributed by atoms with Crippen LogP contribution in [0.25, 0.3) is 0 Å². The van der Waals surface area contributed by atoms with Crippen LogP contribution in [-0.2, 0) is 23.7 Å². The molecular formula is C46H82O2. The normalized spacial score (nSPS) is 22.6. The van der Waals surface area contributed by atoms with Gasteiger partial charge in [0.25, 0.3) is 0 Å². The van der Waals surface area contributed by atoms with Gasteiger partial charge in [0.15, 0.2) is 0 Å². The van der Waals surface area contributed by atoms with Gasteiger partial charge < -0.3 is 10.2 Å². The van der Waals surface area contributed by atoms with Crippen molar-refractivity contribution >= 4 is 0 Å². The minimum atomic E-state index is 0.116. The van der Waals surface area contributed by atoms with Crippen molar-refractivity contribution in [2.75, 3.05) is 13.2 Å². The summed E-state index contributed by atoms with van der Waals surface area (Å²) in [5.41, 5.74) is 11.2. The monoisotopic (exact) mass is 667 g/mol. The van der Waals surface area contributed by atoms with Crippen LogP contribution in [0.15, 0.2) is 0 Å². The largest absolute Gasteiger partial charge is 0.396 e. The van der Waals surface area contributed by atoms with E-state index >= 15 is 0 Å². The number of rotatable bonds is 16. The molecule has 2 unspecified atom stereocenters. The maximum atomic E-state index is 9.63. The molecule has 2 N–H and O–H groups in total. The Morgan fingerprint density at radius 3 is 1.00 bits per heavy atom. The number of hydrogen-bond donors (Lipinski definition) is 2. The van der Waals surface area contributed by atoms with Crippen LogP contribution < -0.4 is 0 Å². The average Bonchev–Trinajstić information content (AvgIpc) is 2.89. The van der Waals surface area contributed by atoms with Gasteiger partial charge in [-0.2, -0.15) is 0 Å². The smallest absolute Gasteiger partial charge is 0.0431 e. The number of aliphatic hydroxyl groups is 2. The van der Waals surface area contributed by atoms with Gasteiger partial charge in [-0.25, -0.2) is 0 Å². The fourth-order valence-corrected chi connectivity index (χ4v) is 11.4. The van der Waals surface area contributed by atoms with Crippen molar-refractivity contribution in [3.8, 4) is 0 Å². The van der Waals surface area contributed by atoms with Gasteiger partial charge in [-0.05, 0) is 142 Å². The van der Waals surface area contributed by atoms with Crippen molar-refractivity contribution < 1.29 is 10.2 Å². The molecule has 3 rings (SSSR count). The second-order valence-electron chi connectivity index (χ2n) is 22.5. The molecule has 278 valence electrons. The highest BCUT2D eigenvalue weighted by atomic mass is 16.3. The third-order valence-corrected chi connectivity index (χ3v) is 17.9. The van der Waals surface area contributed by atoms with E-state index in [0.29, 0.717) is 0 Å². The highest BCUT2D eigenvalue weighted by molar-refractivity contribution is 5.66. The zero-order valence-corrected chi connectivity index (χ0v) is 36.0. The van der Waals surface area contributed by atoms with E-state index in [-0.39, 0.29) is 67.4 Å². The molecule has 0 saturated carbocycles. The molecule has 2 atom stereocenters. The Kier molecular flexibility index (Phi) is 10.7. The molecule has 1 aromatic rings. The third kappa shape index (κ3) is 5.99. The van der Waals surface area contributed by atoms with Gasteiger partial charge in [-0.1, -0.05) is 125 Å². The van der Waals surface area contributed by atoms with Crippen molar-refractivity contribution in [2.45, 2.75) is 201 Å². The molecule has 2 aliphatic carbocycles. The van der Waals surface area contributed by atoms with Gasteiger partial charge in [-0.15, -0.1) is 0 Å². The molecule has 0 aromatic heterocycles. The second-order valence-corrected chi connectivity index (χ2v) is 22.5.